The van der Waals surface area contributed by atoms with Gasteiger partial charge in [0.1, 0.15) is 0 Å². The van der Waals surface area contributed by atoms with Gasteiger partial charge in [0.2, 0.25) is 0 Å². The van der Waals surface area contributed by atoms with E-state index in [1.807, 2.05) is 0 Å². The zero-order chi connectivity index (χ0) is 21.1. The van der Waals surface area contributed by atoms with Crippen LogP contribution >= 0.6 is 0 Å². The molecule has 2 bridgehead atoms. The molecule has 4 unspecified atom stereocenters. The molecule has 0 amide bonds. The van der Waals surface area contributed by atoms with E-state index in [9.17, 15) is 0 Å². The van der Waals surface area contributed by atoms with Crippen LogP contribution in [0.2, 0.25) is 0 Å². The Bertz CT molecular complexity index is 548. The van der Waals surface area contributed by atoms with Gasteiger partial charge in [0.05, 0.1) is 0 Å². The van der Waals surface area contributed by atoms with Gasteiger partial charge in [-0.15, -0.1) is 0 Å². The molecule has 3 rings (SSSR count). The summed E-state index contributed by atoms with van der Waals surface area (Å²) in [6.45, 7) is 27.4. The van der Waals surface area contributed by atoms with Crippen molar-refractivity contribution in [1.29, 1.82) is 0 Å². The first-order chi connectivity index (χ1) is 12.6. The number of rotatable bonds is 5. The van der Waals surface area contributed by atoms with E-state index < -0.39 is 0 Å². The number of hydrogen-bond donors (Lipinski definition) is 0. The van der Waals surface area contributed by atoms with Crippen LogP contribution in [0.5, 0.6) is 0 Å². The highest BCUT2D eigenvalue weighted by Crippen LogP contribution is 2.52. The summed E-state index contributed by atoms with van der Waals surface area (Å²) < 4.78 is 0. The zero-order valence-electron chi connectivity index (χ0n) is 20.9. The molecule has 2 heterocycles. The van der Waals surface area contributed by atoms with Crippen LogP contribution in [0.4, 0.5) is 0 Å². The maximum atomic E-state index is 2.91. The average molecular weight is 391 g/mol. The van der Waals surface area contributed by atoms with E-state index in [0.29, 0.717) is 21.9 Å². The largest absolute Gasteiger partial charge is 0.295 e. The predicted molar refractivity (Wildman–Crippen MR) is 123 cm³/mol. The maximum absolute atomic E-state index is 2.91. The van der Waals surface area contributed by atoms with Gasteiger partial charge in [-0.2, -0.15) is 0 Å². The van der Waals surface area contributed by atoms with Gasteiger partial charge in [-0.3, -0.25) is 9.80 Å². The number of hydrogen-bond acceptors (Lipinski definition) is 2. The molecule has 0 N–H and O–H groups in total. The Kier molecular flexibility index (Phi) is 5.86. The van der Waals surface area contributed by atoms with Crippen molar-refractivity contribution >= 4 is 0 Å². The summed E-state index contributed by atoms with van der Waals surface area (Å²) in [5.74, 6) is 1.86. The molecule has 2 nitrogen and oxygen atoms in total. The van der Waals surface area contributed by atoms with Crippen LogP contribution in [0.25, 0.3) is 0 Å². The SMILES string of the molecule is CC(C)(C)C1CC2CC1CN2C(C)(C)CCC(C)(C)C1CCCN1C(C)(C)C. The summed E-state index contributed by atoms with van der Waals surface area (Å²) in [5, 5.41) is 0. The van der Waals surface area contributed by atoms with Crippen LogP contribution in [0, 0.1) is 22.7 Å². The molecule has 3 aliphatic rings. The van der Waals surface area contributed by atoms with Crippen molar-refractivity contribution < 1.29 is 0 Å². The quantitative estimate of drug-likeness (QED) is 0.522. The minimum absolute atomic E-state index is 0.296. The Morgan fingerprint density at radius 2 is 1.43 bits per heavy atom. The van der Waals surface area contributed by atoms with Gasteiger partial charge >= 0.3 is 0 Å². The van der Waals surface area contributed by atoms with Crippen LogP contribution < -0.4 is 0 Å². The van der Waals surface area contributed by atoms with Crippen LogP contribution in [-0.4, -0.2) is 46.1 Å². The highest BCUT2D eigenvalue weighted by atomic mass is 15.3. The topological polar surface area (TPSA) is 6.48 Å². The lowest BCUT2D eigenvalue weighted by Gasteiger charge is -2.48. The van der Waals surface area contributed by atoms with Crippen LogP contribution in [0.3, 0.4) is 0 Å². The van der Waals surface area contributed by atoms with Crippen molar-refractivity contribution in [2.24, 2.45) is 22.7 Å². The Morgan fingerprint density at radius 3 is 1.93 bits per heavy atom. The van der Waals surface area contributed by atoms with E-state index in [-0.39, 0.29) is 0 Å². The molecule has 2 aliphatic heterocycles. The maximum Gasteiger partial charge on any atom is 0.0156 e. The predicted octanol–water partition coefficient (Wildman–Crippen LogP) is 6.59. The fourth-order valence-electron chi connectivity index (χ4n) is 7.08. The zero-order valence-corrected chi connectivity index (χ0v) is 20.9. The van der Waals surface area contributed by atoms with Gasteiger partial charge in [0.15, 0.2) is 0 Å². The van der Waals surface area contributed by atoms with Gasteiger partial charge in [0, 0.05) is 29.7 Å². The first-order valence-corrected chi connectivity index (χ1v) is 12.2. The summed E-state index contributed by atoms with van der Waals surface area (Å²) in [7, 11) is 0. The Hall–Kier alpha value is -0.0800. The van der Waals surface area contributed by atoms with Gasteiger partial charge in [-0.05, 0) is 102 Å². The minimum Gasteiger partial charge on any atom is -0.295 e. The van der Waals surface area contributed by atoms with Crippen molar-refractivity contribution in [2.45, 2.75) is 131 Å². The average Bonchev–Trinajstić information content (AvgIpc) is 3.25. The molecule has 4 atom stereocenters. The van der Waals surface area contributed by atoms with Gasteiger partial charge in [-0.1, -0.05) is 34.6 Å². The van der Waals surface area contributed by atoms with Crippen LogP contribution in [0.1, 0.15) is 108 Å². The van der Waals surface area contributed by atoms with E-state index in [1.54, 1.807) is 0 Å². The van der Waals surface area contributed by atoms with Crippen LogP contribution in [0.15, 0.2) is 0 Å². The second-order valence-electron chi connectivity index (χ2n) is 13.8. The Morgan fingerprint density at radius 1 is 0.786 bits per heavy atom. The lowest BCUT2D eigenvalue weighted by Crippen LogP contribution is -2.53. The van der Waals surface area contributed by atoms with Gasteiger partial charge in [-0.25, -0.2) is 0 Å². The molecule has 2 heteroatoms. The molecule has 1 aliphatic carbocycles. The third-order valence-electron chi connectivity index (χ3n) is 8.83. The first-order valence-electron chi connectivity index (χ1n) is 12.2. The fraction of sp³-hybridized carbons (Fsp3) is 1.00. The molecule has 0 radical (unpaired) electrons. The van der Waals surface area contributed by atoms with Crippen molar-refractivity contribution in [2.75, 3.05) is 13.1 Å². The number of likely N-dealkylation sites (tertiary alicyclic amines) is 2. The molecule has 2 saturated heterocycles. The first kappa shape index (κ1) is 22.6. The fourth-order valence-corrected chi connectivity index (χ4v) is 7.08. The molecule has 0 aromatic rings. The van der Waals surface area contributed by atoms with Crippen LogP contribution in [-0.2, 0) is 0 Å². The molecule has 1 saturated carbocycles. The normalized spacial score (nSPS) is 33.2. The third-order valence-corrected chi connectivity index (χ3v) is 8.83. The molecule has 0 aromatic heterocycles. The monoisotopic (exact) mass is 390 g/mol. The van der Waals surface area contributed by atoms with E-state index in [2.05, 4.69) is 79.0 Å². The standard InChI is InChI=1S/C26H50N2/c1-23(2,3)21-17-20-16-19(21)18-28(20)26(9,10)14-13-25(7,8)22-12-11-15-27(22)24(4,5)6/h19-22H,11-18H2,1-10H3. The number of fused-ring (bicyclic) bond motifs is 2. The minimum atomic E-state index is 0.296. The summed E-state index contributed by atoms with van der Waals surface area (Å²) >= 11 is 0. The molecular weight excluding hydrogens is 340 g/mol. The van der Waals surface area contributed by atoms with Gasteiger partial charge in [0.25, 0.3) is 0 Å². The second kappa shape index (κ2) is 7.26. The summed E-state index contributed by atoms with van der Waals surface area (Å²) in [6, 6.07) is 1.58. The molecular formula is C26H50N2. The van der Waals surface area contributed by atoms with E-state index >= 15 is 0 Å². The van der Waals surface area contributed by atoms with Crippen molar-refractivity contribution in [3.63, 3.8) is 0 Å². The van der Waals surface area contributed by atoms with Gasteiger partial charge < -0.3 is 0 Å². The molecule has 164 valence electrons. The second-order valence-corrected chi connectivity index (χ2v) is 13.8. The van der Waals surface area contributed by atoms with Crippen molar-refractivity contribution in [1.82, 2.24) is 9.80 Å². The number of piperidine rings is 1. The summed E-state index contributed by atoms with van der Waals surface area (Å²) in [6.07, 6.45) is 8.31. The van der Waals surface area contributed by atoms with Crippen molar-refractivity contribution in [3.05, 3.63) is 0 Å². The third kappa shape index (κ3) is 4.34. The van der Waals surface area contributed by atoms with E-state index in [1.165, 1.54) is 51.6 Å². The van der Waals surface area contributed by atoms with E-state index in [4.69, 9.17) is 0 Å². The number of nitrogens with zero attached hydrogens (tertiary/aromatic N) is 2. The highest BCUT2D eigenvalue weighted by Gasteiger charge is 2.52. The molecule has 3 fully saturated rings. The van der Waals surface area contributed by atoms with Crippen molar-refractivity contribution in [3.8, 4) is 0 Å². The molecule has 0 aromatic carbocycles. The lowest BCUT2D eigenvalue weighted by molar-refractivity contribution is 0.00909. The highest BCUT2D eigenvalue weighted by molar-refractivity contribution is 5.05. The Labute approximate surface area is 176 Å². The molecule has 28 heavy (non-hydrogen) atoms. The lowest BCUT2D eigenvalue weighted by atomic mass is 9.72. The Balaban J connectivity index is 1.61. The summed E-state index contributed by atoms with van der Waals surface area (Å²) in [5.41, 5.74) is 1.51. The summed E-state index contributed by atoms with van der Waals surface area (Å²) in [4.78, 5) is 5.71. The smallest absolute Gasteiger partial charge is 0.0156 e. The van der Waals surface area contributed by atoms with E-state index in [0.717, 1.165) is 23.9 Å². The molecule has 0 spiro atoms.